The maximum atomic E-state index is 11.9. The van der Waals surface area contributed by atoms with Gasteiger partial charge in [-0.3, -0.25) is 0 Å². The average molecular weight is 275 g/mol. The van der Waals surface area contributed by atoms with Gasteiger partial charge in [0.05, 0.1) is 0 Å². The van der Waals surface area contributed by atoms with Crippen molar-refractivity contribution in [3.8, 4) is 0 Å². The lowest BCUT2D eigenvalue weighted by Gasteiger charge is -2.17. The highest BCUT2D eigenvalue weighted by Crippen LogP contribution is 2.12. The Balaban J connectivity index is 2.63. The molecule has 0 aliphatic rings. The summed E-state index contributed by atoms with van der Waals surface area (Å²) in [6.45, 7) is 5.18. The lowest BCUT2D eigenvalue weighted by molar-refractivity contribution is 0.201. The van der Waals surface area contributed by atoms with Crippen molar-refractivity contribution in [2.24, 2.45) is 0 Å². The molecule has 0 spiro atoms. The summed E-state index contributed by atoms with van der Waals surface area (Å²) in [6.07, 6.45) is 3.23. The minimum Gasteiger partial charge on any atom is -0.323 e. The number of carbonyl (C=O) groups excluding carboxylic acids is 1. The second kappa shape index (κ2) is 7.34. The molecule has 1 rings (SSSR count). The Kier molecular flexibility index (Phi) is 6.07. The first kappa shape index (κ1) is 14.1. The third-order valence-corrected chi connectivity index (χ3v) is 3.08. The van der Waals surface area contributed by atoms with Gasteiger partial charge < -0.3 is 4.90 Å². The summed E-state index contributed by atoms with van der Waals surface area (Å²) >= 11 is 6.83. The minimum atomic E-state index is -0.151. The fourth-order valence-corrected chi connectivity index (χ4v) is 2.01. The van der Waals surface area contributed by atoms with Gasteiger partial charge in [0.2, 0.25) is 5.16 Å². The summed E-state index contributed by atoms with van der Waals surface area (Å²) in [7, 11) is 0. The summed E-state index contributed by atoms with van der Waals surface area (Å²) in [5.41, 5.74) is 1.45. The van der Waals surface area contributed by atoms with Crippen molar-refractivity contribution >= 4 is 29.4 Å². The predicted octanol–water partition coefficient (Wildman–Crippen LogP) is 2.43. The quantitative estimate of drug-likeness (QED) is 0.774. The van der Waals surface area contributed by atoms with Crippen molar-refractivity contribution in [1.82, 2.24) is 19.7 Å². The van der Waals surface area contributed by atoms with E-state index < -0.39 is 0 Å². The number of amides is 1. The van der Waals surface area contributed by atoms with E-state index in [0.717, 1.165) is 0 Å². The maximum Gasteiger partial charge on any atom is 0.346 e. The highest BCUT2D eigenvalue weighted by Gasteiger charge is 2.13. The third kappa shape index (κ3) is 4.05. The molecular formula is C10H15ClN4OS. The average Bonchev–Trinajstić information content (AvgIpc) is 2.79. The molecule has 0 bridgehead atoms. The lowest BCUT2D eigenvalue weighted by atomic mass is 10.5. The van der Waals surface area contributed by atoms with Crippen molar-refractivity contribution in [2.45, 2.75) is 19.0 Å². The summed E-state index contributed by atoms with van der Waals surface area (Å²) in [5, 5.41) is 4.67. The number of hydrogen-bond acceptors (Lipinski definition) is 4. The second-order valence-corrected chi connectivity index (χ2v) is 4.34. The fraction of sp³-hybridized carbons (Fsp3) is 0.500. The van der Waals surface area contributed by atoms with Crippen LogP contribution >= 0.6 is 23.4 Å². The van der Waals surface area contributed by atoms with E-state index in [4.69, 9.17) is 11.6 Å². The van der Waals surface area contributed by atoms with E-state index in [1.54, 1.807) is 11.0 Å². The van der Waals surface area contributed by atoms with Crippen molar-refractivity contribution < 1.29 is 4.79 Å². The van der Waals surface area contributed by atoms with Crippen LogP contribution in [0.15, 0.2) is 23.1 Å². The molecule has 0 atom stereocenters. The highest BCUT2D eigenvalue weighted by atomic mass is 35.5. The van der Waals surface area contributed by atoms with E-state index >= 15 is 0 Å². The van der Waals surface area contributed by atoms with Gasteiger partial charge in [0, 0.05) is 24.4 Å². The predicted molar refractivity (Wildman–Crippen MR) is 69.5 cm³/mol. The Hall–Kier alpha value is -1.01. The molecule has 1 aromatic rings. The van der Waals surface area contributed by atoms with Gasteiger partial charge in [0.25, 0.3) is 0 Å². The zero-order valence-corrected chi connectivity index (χ0v) is 11.4. The van der Waals surface area contributed by atoms with Gasteiger partial charge >= 0.3 is 6.03 Å². The molecule has 7 heteroatoms. The largest absolute Gasteiger partial charge is 0.346 e. The normalized spacial score (nSPS) is 11.0. The second-order valence-electron chi connectivity index (χ2n) is 3.10. The van der Waals surface area contributed by atoms with Gasteiger partial charge in [-0.2, -0.15) is 4.68 Å². The molecule has 94 valence electrons. The van der Waals surface area contributed by atoms with Crippen LogP contribution in [-0.4, -0.2) is 44.5 Å². The van der Waals surface area contributed by atoms with Crippen LogP contribution in [0.5, 0.6) is 0 Å². The smallest absolute Gasteiger partial charge is 0.323 e. The van der Waals surface area contributed by atoms with E-state index in [2.05, 4.69) is 10.1 Å². The van der Waals surface area contributed by atoms with E-state index in [-0.39, 0.29) is 6.03 Å². The molecule has 5 nitrogen and oxygen atoms in total. The van der Waals surface area contributed by atoms with Crippen molar-refractivity contribution in [2.75, 3.05) is 18.8 Å². The molecule has 0 N–H and O–H groups in total. The molecule has 17 heavy (non-hydrogen) atoms. The molecule has 0 saturated heterocycles. The molecule has 0 saturated carbocycles. The van der Waals surface area contributed by atoms with Crippen LogP contribution in [0.25, 0.3) is 0 Å². The minimum absolute atomic E-state index is 0.151. The molecule has 1 amide bonds. The zero-order chi connectivity index (χ0) is 12.7. The van der Waals surface area contributed by atoms with E-state index in [1.165, 1.54) is 28.3 Å². The third-order valence-electron chi connectivity index (χ3n) is 2.10. The summed E-state index contributed by atoms with van der Waals surface area (Å²) in [5.74, 6) is 0.687. The Morgan fingerprint density at radius 3 is 2.88 bits per heavy atom. The first-order chi connectivity index (χ1) is 8.22. The standard InChI is InChI=1S/C10H15ClN4OS/c1-3-14(4-2)10(16)15-8-12-9(13-15)17-7-5-6-11/h5-6,8H,3-4,7H2,1-2H3/b6-5+. The van der Waals surface area contributed by atoms with Gasteiger partial charge in [0.15, 0.2) is 0 Å². The van der Waals surface area contributed by atoms with Crippen LogP contribution in [-0.2, 0) is 0 Å². The van der Waals surface area contributed by atoms with Gasteiger partial charge in [-0.25, -0.2) is 9.78 Å². The van der Waals surface area contributed by atoms with Crippen LogP contribution < -0.4 is 0 Å². The molecule has 1 heterocycles. The van der Waals surface area contributed by atoms with E-state index in [1.807, 2.05) is 13.8 Å². The van der Waals surface area contributed by atoms with Crippen LogP contribution in [0.3, 0.4) is 0 Å². The topological polar surface area (TPSA) is 51.0 Å². The van der Waals surface area contributed by atoms with Gasteiger partial charge in [-0.05, 0) is 13.8 Å². The number of rotatable bonds is 5. The van der Waals surface area contributed by atoms with Gasteiger partial charge in [-0.15, -0.1) is 5.10 Å². The van der Waals surface area contributed by atoms with Crippen LogP contribution in [0.1, 0.15) is 13.8 Å². The number of carbonyl (C=O) groups is 1. The first-order valence-corrected chi connectivity index (χ1v) is 6.74. The van der Waals surface area contributed by atoms with Crippen LogP contribution in [0.4, 0.5) is 4.79 Å². The Morgan fingerprint density at radius 1 is 1.59 bits per heavy atom. The fourth-order valence-electron chi connectivity index (χ4n) is 1.20. The Morgan fingerprint density at radius 2 is 2.29 bits per heavy atom. The van der Waals surface area contributed by atoms with Gasteiger partial charge in [0.1, 0.15) is 6.33 Å². The maximum absolute atomic E-state index is 11.9. The number of aromatic nitrogens is 3. The molecule has 0 aromatic carbocycles. The van der Waals surface area contributed by atoms with Crippen LogP contribution in [0.2, 0.25) is 0 Å². The molecular weight excluding hydrogens is 260 g/mol. The molecule has 0 aliphatic carbocycles. The lowest BCUT2D eigenvalue weighted by Crippen LogP contribution is -2.34. The first-order valence-electron chi connectivity index (χ1n) is 5.31. The summed E-state index contributed by atoms with van der Waals surface area (Å²) in [4.78, 5) is 17.6. The number of nitrogens with zero attached hydrogens (tertiary/aromatic N) is 4. The SMILES string of the molecule is CCN(CC)C(=O)n1cnc(SC/C=C/Cl)n1. The Labute approximate surface area is 110 Å². The van der Waals surface area contributed by atoms with E-state index in [9.17, 15) is 4.79 Å². The summed E-state index contributed by atoms with van der Waals surface area (Å²) in [6, 6.07) is -0.151. The molecule has 1 aromatic heterocycles. The molecule has 0 aliphatic heterocycles. The monoisotopic (exact) mass is 274 g/mol. The van der Waals surface area contributed by atoms with Crippen molar-refractivity contribution in [3.63, 3.8) is 0 Å². The number of halogens is 1. The number of thioether (sulfide) groups is 1. The highest BCUT2D eigenvalue weighted by molar-refractivity contribution is 7.99. The molecule has 0 unspecified atom stereocenters. The van der Waals surface area contributed by atoms with Crippen molar-refractivity contribution in [1.29, 1.82) is 0 Å². The Bertz CT molecular complexity index is 389. The molecule has 0 radical (unpaired) electrons. The van der Waals surface area contributed by atoms with Gasteiger partial charge in [-0.1, -0.05) is 29.4 Å². The molecule has 0 fully saturated rings. The van der Waals surface area contributed by atoms with Crippen molar-refractivity contribution in [3.05, 3.63) is 17.9 Å². The zero-order valence-electron chi connectivity index (χ0n) is 9.84. The van der Waals surface area contributed by atoms with Crippen LogP contribution in [0, 0.1) is 0 Å². The van der Waals surface area contributed by atoms with E-state index in [0.29, 0.717) is 24.0 Å². The summed E-state index contributed by atoms with van der Waals surface area (Å²) < 4.78 is 1.26. The number of hydrogen-bond donors (Lipinski definition) is 0.